The lowest BCUT2D eigenvalue weighted by atomic mass is 9.98. The van der Waals surface area contributed by atoms with Crippen molar-refractivity contribution in [3.63, 3.8) is 0 Å². The van der Waals surface area contributed by atoms with E-state index >= 15 is 0 Å². The Morgan fingerprint density at radius 3 is 2.86 bits per heavy atom. The fourth-order valence-corrected chi connectivity index (χ4v) is 2.70. The van der Waals surface area contributed by atoms with Crippen LogP contribution in [-0.2, 0) is 0 Å². The highest BCUT2D eigenvalue weighted by atomic mass is 16.5. The van der Waals surface area contributed by atoms with E-state index in [0.717, 1.165) is 23.9 Å². The molecule has 0 bridgehead atoms. The van der Waals surface area contributed by atoms with Gasteiger partial charge in [-0.15, -0.1) is 0 Å². The number of guanidine groups is 1. The minimum atomic E-state index is 0.429. The molecule has 1 atom stereocenters. The van der Waals surface area contributed by atoms with E-state index in [9.17, 15) is 0 Å². The highest BCUT2D eigenvalue weighted by Gasteiger charge is 2.19. The quantitative estimate of drug-likeness (QED) is 0.648. The molecule has 122 valence electrons. The number of nitrogens with zero attached hydrogens (tertiary/aromatic N) is 2. The summed E-state index contributed by atoms with van der Waals surface area (Å²) < 4.78 is 5.20. The third-order valence-corrected chi connectivity index (χ3v) is 4.31. The van der Waals surface area contributed by atoms with Gasteiger partial charge in [-0.1, -0.05) is 13.0 Å². The van der Waals surface area contributed by atoms with Crippen molar-refractivity contribution in [2.75, 3.05) is 32.1 Å². The van der Waals surface area contributed by atoms with Gasteiger partial charge in [0.1, 0.15) is 5.75 Å². The van der Waals surface area contributed by atoms with E-state index in [1.165, 1.54) is 25.9 Å². The van der Waals surface area contributed by atoms with Crippen LogP contribution in [0.25, 0.3) is 0 Å². The first-order chi connectivity index (χ1) is 10.6. The lowest BCUT2D eigenvalue weighted by molar-refractivity contribution is 0.150. The maximum Gasteiger partial charge on any atom is 0.193 e. The molecule has 0 saturated carbocycles. The van der Waals surface area contributed by atoms with Gasteiger partial charge in [0.15, 0.2) is 5.96 Å². The Morgan fingerprint density at radius 1 is 1.45 bits per heavy atom. The minimum Gasteiger partial charge on any atom is -0.497 e. The van der Waals surface area contributed by atoms with Crippen LogP contribution in [0, 0.1) is 5.92 Å². The zero-order valence-electron chi connectivity index (χ0n) is 13.9. The van der Waals surface area contributed by atoms with E-state index in [1.807, 2.05) is 24.3 Å². The molecular formula is C17H28N4O. The minimum absolute atomic E-state index is 0.429. The van der Waals surface area contributed by atoms with Gasteiger partial charge in [0.2, 0.25) is 0 Å². The molecule has 0 spiro atoms. The standard InChI is InChI=1S/C17H28N4O/c1-13-7-9-21(10-8-13)14(2)12-19-17(18)20-15-5-4-6-16(11-15)22-3/h4-6,11,13-14H,7-10,12H2,1-3H3,(H3,18,19,20). The van der Waals surface area contributed by atoms with Gasteiger partial charge in [0.05, 0.1) is 13.7 Å². The maximum absolute atomic E-state index is 5.98. The Balaban J connectivity index is 1.83. The molecule has 1 aromatic rings. The van der Waals surface area contributed by atoms with Crippen molar-refractivity contribution >= 4 is 11.6 Å². The summed E-state index contributed by atoms with van der Waals surface area (Å²) in [7, 11) is 1.65. The molecule has 5 nitrogen and oxygen atoms in total. The van der Waals surface area contributed by atoms with Crippen LogP contribution in [0.2, 0.25) is 0 Å². The molecule has 1 saturated heterocycles. The summed E-state index contributed by atoms with van der Waals surface area (Å²) in [6.07, 6.45) is 2.57. The van der Waals surface area contributed by atoms with Crippen molar-refractivity contribution < 1.29 is 4.74 Å². The van der Waals surface area contributed by atoms with Crippen molar-refractivity contribution in [3.05, 3.63) is 24.3 Å². The van der Waals surface area contributed by atoms with Crippen LogP contribution in [0.1, 0.15) is 26.7 Å². The summed E-state index contributed by atoms with van der Waals surface area (Å²) in [6.45, 7) is 7.60. The fraction of sp³-hybridized carbons (Fsp3) is 0.588. The largest absolute Gasteiger partial charge is 0.497 e. The van der Waals surface area contributed by atoms with E-state index in [4.69, 9.17) is 10.5 Å². The number of hydrogen-bond acceptors (Lipinski definition) is 3. The SMILES string of the molecule is COc1cccc(NC(N)=NCC(C)N2CCC(C)CC2)c1. The van der Waals surface area contributed by atoms with Crippen molar-refractivity contribution in [3.8, 4) is 5.75 Å². The third-order valence-electron chi connectivity index (χ3n) is 4.31. The zero-order chi connectivity index (χ0) is 15.9. The number of piperidine rings is 1. The Hall–Kier alpha value is -1.75. The predicted molar refractivity (Wildman–Crippen MR) is 92.5 cm³/mol. The third kappa shape index (κ3) is 4.91. The van der Waals surface area contributed by atoms with Gasteiger partial charge in [-0.3, -0.25) is 9.89 Å². The van der Waals surface area contributed by atoms with E-state index in [0.29, 0.717) is 12.0 Å². The zero-order valence-corrected chi connectivity index (χ0v) is 13.9. The van der Waals surface area contributed by atoms with E-state index in [2.05, 4.69) is 29.1 Å². The molecule has 1 aliphatic heterocycles. The Labute approximate surface area is 133 Å². The molecule has 5 heteroatoms. The summed E-state index contributed by atoms with van der Waals surface area (Å²) in [5.41, 5.74) is 6.87. The van der Waals surface area contributed by atoms with Crippen LogP contribution in [0.5, 0.6) is 5.75 Å². The Kier molecular flexibility index (Phi) is 6.07. The van der Waals surface area contributed by atoms with Crippen molar-refractivity contribution in [1.29, 1.82) is 0 Å². The van der Waals surface area contributed by atoms with Crippen molar-refractivity contribution in [1.82, 2.24) is 4.90 Å². The van der Waals surface area contributed by atoms with Gasteiger partial charge in [0, 0.05) is 17.8 Å². The number of ether oxygens (including phenoxy) is 1. The van der Waals surface area contributed by atoms with Gasteiger partial charge in [0.25, 0.3) is 0 Å². The number of nitrogens with one attached hydrogen (secondary N) is 1. The average Bonchev–Trinajstić information content (AvgIpc) is 2.53. The second-order valence-corrected chi connectivity index (χ2v) is 6.15. The molecule has 0 aliphatic carbocycles. The molecular weight excluding hydrogens is 276 g/mol. The van der Waals surface area contributed by atoms with Crippen LogP contribution >= 0.6 is 0 Å². The topological polar surface area (TPSA) is 62.9 Å². The molecule has 0 aromatic heterocycles. The van der Waals surface area contributed by atoms with Crippen LogP contribution in [0.15, 0.2) is 29.3 Å². The molecule has 22 heavy (non-hydrogen) atoms. The van der Waals surface area contributed by atoms with E-state index < -0.39 is 0 Å². The number of nitrogens with two attached hydrogens (primary N) is 1. The van der Waals surface area contributed by atoms with Crippen LogP contribution < -0.4 is 15.8 Å². The van der Waals surface area contributed by atoms with Crippen molar-refractivity contribution in [2.45, 2.75) is 32.7 Å². The lowest BCUT2D eigenvalue weighted by Gasteiger charge is -2.34. The molecule has 2 rings (SSSR count). The first-order valence-corrected chi connectivity index (χ1v) is 8.03. The second-order valence-electron chi connectivity index (χ2n) is 6.15. The summed E-state index contributed by atoms with van der Waals surface area (Å²) in [5.74, 6) is 2.10. The van der Waals surface area contributed by atoms with Gasteiger partial charge >= 0.3 is 0 Å². The number of rotatable bonds is 5. The molecule has 1 aromatic carbocycles. The van der Waals surface area contributed by atoms with Crippen LogP contribution in [0.4, 0.5) is 5.69 Å². The monoisotopic (exact) mass is 304 g/mol. The summed E-state index contributed by atoms with van der Waals surface area (Å²) in [5, 5.41) is 3.11. The number of likely N-dealkylation sites (tertiary alicyclic amines) is 1. The number of anilines is 1. The summed E-state index contributed by atoms with van der Waals surface area (Å²) in [4.78, 5) is 6.97. The smallest absolute Gasteiger partial charge is 0.193 e. The molecule has 1 fully saturated rings. The molecule has 3 N–H and O–H groups in total. The summed E-state index contributed by atoms with van der Waals surface area (Å²) >= 11 is 0. The number of aliphatic imine (C=N–C) groups is 1. The number of methoxy groups -OCH3 is 1. The lowest BCUT2D eigenvalue weighted by Crippen LogP contribution is -2.41. The van der Waals surface area contributed by atoms with E-state index in [-0.39, 0.29) is 0 Å². The van der Waals surface area contributed by atoms with Crippen LogP contribution in [-0.4, -0.2) is 43.6 Å². The summed E-state index contributed by atoms with van der Waals surface area (Å²) in [6, 6.07) is 8.10. The second kappa shape index (κ2) is 8.03. The Morgan fingerprint density at radius 2 is 2.18 bits per heavy atom. The van der Waals surface area contributed by atoms with Gasteiger partial charge < -0.3 is 15.8 Å². The highest BCUT2D eigenvalue weighted by Crippen LogP contribution is 2.18. The molecule has 1 heterocycles. The van der Waals surface area contributed by atoms with Gasteiger partial charge in [-0.2, -0.15) is 0 Å². The predicted octanol–water partition coefficient (Wildman–Crippen LogP) is 2.54. The maximum atomic E-state index is 5.98. The molecule has 1 unspecified atom stereocenters. The highest BCUT2D eigenvalue weighted by molar-refractivity contribution is 5.92. The first kappa shape index (κ1) is 16.6. The normalized spacial score (nSPS) is 19.0. The molecule has 1 aliphatic rings. The number of benzene rings is 1. The van der Waals surface area contributed by atoms with Crippen LogP contribution in [0.3, 0.4) is 0 Å². The first-order valence-electron chi connectivity index (χ1n) is 8.03. The van der Waals surface area contributed by atoms with E-state index in [1.54, 1.807) is 7.11 Å². The fourth-order valence-electron chi connectivity index (χ4n) is 2.70. The Bertz CT molecular complexity index is 495. The average molecular weight is 304 g/mol. The molecule has 0 amide bonds. The molecule has 0 radical (unpaired) electrons. The number of hydrogen-bond donors (Lipinski definition) is 2. The van der Waals surface area contributed by atoms with Crippen molar-refractivity contribution in [2.24, 2.45) is 16.6 Å². The van der Waals surface area contributed by atoms with Gasteiger partial charge in [-0.05, 0) is 50.9 Å². The van der Waals surface area contributed by atoms with Gasteiger partial charge in [-0.25, -0.2) is 0 Å².